The molecule has 1 saturated heterocycles. The van der Waals surface area contributed by atoms with Gasteiger partial charge in [0.25, 0.3) is 0 Å². The van der Waals surface area contributed by atoms with Gasteiger partial charge < -0.3 is 14.2 Å². The van der Waals surface area contributed by atoms with E-state index in [0.29, 0.717) is 94.1 Å². The van der Waals surface area contributed by atoms with E-state index in [9.17, 15) is 9.59 Å². The summed E-state index contributed by atoms with van der Waals surface area (Å²) in [5, 5.41) is 0. The van der Waals surface area contributed by atoms with Crippen molar-refractivity contribution in [3.8, 4) is 0 Å². The van der Waals surface area contributed by atoms with Crippen LogP contribution in [-0.2, 0) is 23.8 Å². The van der Waals surface area contributed by atoms with Crippen LogP contribution >= 0.6 is 0 Å². The van der Waals surface area contributed by atoms with E-state index in [1.54, 1.807) is 30.6 Å². The van der Waals surface area contributed by atoms with Gasteiger partial charge in [-0.15, -0.1) is 0 Å². The van der Waals surface area contributed by atoms with Crippen molar-refractivity contribution in [2.24, 2.45) is 200 Å². The summed E-state index contributed by atoms with van der Waals surface area (Å²) < 4.78 is 17.8. The van der Waals surface area contributed by atoms with Crippen molar-refractivity contribution in [2.75, 3.05) is 7.11 Å². The Morgan fingerprint density at radius 3 is 1.26 bits per heavy atom. The molecule has 22 rings (SSSR count). The smallest absolute Gasteiger partial charge is 0.303 e. The Balaban J connectivity index is 0.000000102. The fourth-order valence-electron chi connectivity index (χ4n) is 40.9. The lowest BCUT2D eigenvalue weighted by molar-refractivity contribution is -0.171. The summed E-state index contributed by atoms with van der Waals surface area (Å²) in [4.78, 5) is 23.5. The Labute approximate surface area is 714 Å². The predicted molar refractivity (Wildman–Crippen MR) is 483 cm³/mol. The fraction of sp³-hybridized carbons (Fsp3) is 0.910. The third-order valence-electron chi connectivity index (χ3n) is 47.9. The van der Waals surface area contributed by atoms with Gasteiger partial charge in [0.15, 0.2) is 5.78 Å². The average Bonchev–Trinajstić information content (AvgIpc) is 1.49. The first kappa shape index (κ1) is 87.5. The molecule has 0 amide bonds. The minimum absolute atomic E-state index is 0.112. The monoisotopic (exact) mass is 1590 g/mol. The highest BCUT2D eigenvalue weighted by molar-refractivity contribution is 5.94. The van der Waals surface area contributed by atoms with Gasteiger partial charge in [-0.2, -0.15) is 0 Å². The quantitative estimate of drug-likeness (QED) is 0.159. The van der Waals surface area contributed by atoms with Crippen LogP contribution in [0.5, 0.6) is 0 Å². The minimum Gasteiger partial charge on any atom is -0.459 e. The van der Waals surface area contributed by atoms with Gasteiger partial charge in [-0.05, 0) is 454 Å². The summed E-state index contributed by atoms with van der Waals surface area (Å²) in [5.41, 5.74) is 15.6. The number of allylic oxidation sites excluding steroid dienone is 7. The standard InChI is InChI=1S/C17H28O2.C17H26O.C16H28O.C16H26.C15H24O.2C15H24/c1-11-6-7-13-15(3,4)14-10-17(11,13)9-8-16(14,5)19-12(2)18;1-10-6-7-15-16(4,5)14-9-17(10,15)8-13(11(14)2)12(3)18;1-11-6-7-12-14(2,3)13-10-16(11,12)9-8-15(13,4)17-5;1-5-15(4)13-10-16(9-8-11(13)2)12(3)6-7-14(15)16;1-9-5-6-10-13(2,3)11-7-15(9,10)8-12-14(11,4)16-12;2*1-10-7-8-15-9-12(10)14(3,4)13(15)6-5-11(15)2/h11,13-14H,6-10H2,1-5H3;10,14-15H,6-9H2,1-5H3;11-13H,6-10H2,1-5H3;8,12-14H,5-7,9-10H2,1-4H3;9-12H,5-8H2,1-4H3;7,11-13H,5-6,8-9H2,1-4H3;11-13H,1,5-9H2,2-4H3/t11-,13?,14-,16-,17+;10-,14+,15?,17+;11-,12?,13-,15-,16+;;9-,10?,11-,12?,14?,15-;2*11-,12+,13?,15+/m111.111/s1. The van der Waals surface area contributed by atoms with Crippen molar-refractivity contribution in [1.29, 1.82) is 0 Å². The molecule has 19 fully saturated rings. The molecule has 13 unspecified atom stereocenters. The SMILES string of the molecule is C=C1CC[C@@]23C[C@@H]1C(C)(C)C2CC[C@H]3C.CC(=O)C1=C(C)[C@@H]2C[C@]3(C1)C(CC[C@H]3C)C2(C)C.CC(=O)O[C@]1(C)CC[C@@]23C[C@@H]1C(C)(C)C2CC[C@H]3C.CC1=CC[C@@]23C[C@@H]1C(C)(C)C2CC[C@H]3C.CCC1(C)C2CC3(CC=C2C)C(C)CCC13.CO[C@]1(C)CC[C@@]23C[C@@H]1C(C)(C)C2CC[C@H]3C.C[C@@H]1CCC2C(C)(C)[C@H]3C[C@]21CC1OC13C. The van der Waals surface area contributed by atoms with Crippen LogP contribution in [-0.4, -0.2) is 41.8 Å². The Morgan fingerprint density at radius 2 is 0.759 bits per heavy atom. The molecule has 5 nitrogen and oxygen atoms in total. The van der Waals surface area contributed by atoms with Gasteiger partial charge in [-0.25, -0.2) is 0 Å². The average molecular weight is 1590 g/mol. The first-order chi connectivity index (χ1) is 53.8. The highest BCUT2D eigenvalue weighted by atomic mass is 16.6. The molecule has 18 saturated carbocycles. The summed E-state index contributed by atoms with van der Waals surface area (Å²) in [6.45, 7) is 73.9. The van der Waals surface area contributed by atoms with Crippen LogP contribution in [0.3, 0.4) is 0 Å². The molecule has 654 valence electrons. The molecule has 5 heteroatoms. The molecule has 1 aliphatic heterocycles. The Kier molecular flexibility index (Phi) is 21.3. The van der Waals surface area contributed by atoms with Crippen LogP contribution in [0, 0.1) is 200 Å². The number of carbonyl (C=O) groups is 2. The van der Waals surface area contributed by atoms with E-state index in [-0.39, 0.29) is 22.8 Å². The number of fused-ring (bicyclic) bond motifs is 9. The van der Waals surface area contributed by atoms with Crippen molar-refractivity contribution >= 4 is 11.8 Å². The highest BCUT2D eigenvalue weighted by Crippen LogP contribution is 2.81. The van der Waals surface area contributed by atoms with Gasteiger partial charge in [0, 0.05) is 20.0 Å². The summed E-state index contributed by atoms with van der Waals surface area (Å²) in [5.74, 6) is 18.6. The maximum absolute atomic E-state index is 12.0. The molecule has 21 aliphatic carbocycles. The summed E-state index contributed by atoms with van der Waals surface area (Å²) in [6, 6.07) is 0. The van der Waals surface area contributed by atoms with Crippen LogP contribution in [0.2, 0.25) is 0 Å². The molecule has 33 atom stereocenters. The number of hydrogen-bond acceptors (Lipinski definition) is 5. The van der Waals surface area contributed by atoms with Gasteiger partial charge in [-0.1, -0.05) is 186 Å². The lowest BCUT2D eigenvalue weighted by Gasteiger charge is -2.46. The van der Waals surface area contributed by atoms with Crippen molar-refractivity contribution in [3.05, 3.63) is 46.6 Å². The molecule has 22 aliphatic rings. The van der Waals surface area contributed by atoms with Gasteiger partial charge in [-0.3, -0.25) is 9.59 Å². The largest absolute Gasteiger partial charge is 0.459 e. The number of methoxy groups -OCH3 is 1. The Hall–Kier alpha value is -1.98. The zero-order chi connectivity index (χ0) is 84.4. The number of Topliss-reactive ketones (excluding diaryl/α,β-unsaturated/α-hetero) is 1. The number of rotatable bonds is 4. The topological polar surface area (TPSA) is 65.1 Å². The van der Waals surface area contributed by atoms with E-state index in [4.69, 9.17) is 14.2 Å². The van der Waals surface area contributed by atoms with Gasteiger partial charge in [0.1, 0.15) is 5.60 Å². The maximum Gasteiger partial charge on any atom is 0.303 e. The van der Waals surface area contributed by atoms with Crippen LogP contribution in [0.1, 0.15) is 406 Å². The molecular formula is C111H180O5. The molecule has 0 aromatic heterocycles. The van der Waals surface area contributed by atoms with Crippen LogP contribution in [0.15, 0.2) is 46.6 Å². The molecule has 116 heavy (non-hydrogen) atoms. The summed E-state index contributed by atoms with van der Waals surface area (Å²) in [7, 11) is 1.92. The van der Waals surface area contributed by atoms with Crippen LogP contribution in [0.4, 0.5) is 0 Å². The second-order valence-corrected chi connectivity index (χ2v) is 52.7. The minimum atomic E-state index is -0.232. The van der Waals surface area contributed by atoms with Crippen LogP contribution < -0.4 is 0 Å². The summed E-state index contributed by atoms with van der Waals surface area (Å²) in [6.07, 6.45) is 50.4. The van der Waals surface area contributed by atoms with Crippen molar-refractivity contribution < 1.29 is 23.8 Å². The second kappa shape index (κ2) is 28.3. The zero-order valence-electron chi connectivity index (χ0n) is 81.2. The van der Waals surface area contributed by atoms with E-state index >= 15 is 0 Å². The number of carbonyl (C=O) groups excluding carboxylic acids is 2. The first-order valence-corrected chi connectivity index (χ1v) is 50.5. The third-order valence-corrected chi connectivity index (χ3v) is 47.9. The van der Waals surface area contributed by atoms with Crippen LogP contribution in [0.25, 0.3) is 0 Å². The number of ether oxygens (including phenoxy) is 3. The van der Waals surface area contributed by atoms with E-state index in [2.05, 4.69) is 206 Å². The number of hydrogen-bond donors (Lipinski definition) is 0. The van der Waals surface area contributed by atoms with E-state index < -0.39 is 0 Å². The lowest BCUT2D eigenvalue weighted by Crippen LogP contribution is -2.47. The zero-order valence-corrected chi connectivity index (χ0v) is 81.2. The number of esters is 1. The Morgan fingerprint density at radius 1 is 0.397 bits per heavy atom. The highest BCUT2D eigenvalue weighted by Gasteiger charge is 2.78. The molecule has 0 radical (unpaired) electrons. The second-order valence-electron chi connectivity index (χ2n) is 52.7. The molecular weight excluding hydrogens is 1410 g/mol. The summed E-state index contributed by atoms with van der Waals surface area (Å²) >= 11 is 0. The predicted octanol–water partition coefficient (Wildman–Crippen LogP) is 30.1. The van der Waals surface area contributed by atoms with Gasteiger partial charge in [0.05, 0.1) is 17.3 Å². The van der Waals surface area contributed by atoms with E-state index in [1.165, 1.54) is 204 Å². The Bertz CT molecular complexity index is 3910. The van der Waals surface area contributed by atoms with Crippen molar-refractivity contribution in [3.63, 3.8) is 0 Å². The molecule has 0 N–H and O–H groups in total. The van der Waals surface area contributed by atoms with E-state index in [1.807, 2.05) is 7.11 Å². The van der Waals surface area contributed by atoms with E-state index in [0.717, 1.165) is 131 Å². The molecule has 0 aromatic carbocycles. The van der Waals surface area contributed by atoms with Gasteiger partial charge in [0.2, 0.25) is 0 Å². The molecule has 14 bridgehead atoms. The first-order valence-electron chi connectivity index (χ1n) is 50.5. The van der Waals surface area contributed by atoms with Crippen molar-refractivity contribution in [1.82, 2.24) is 0 Å². The molecule has 7 spiro atoms. The molecule has 1 heterocycles. The number of epoxide rings is 1. The van der Waals surface area contributed by atoms with Crippen molar-refractivity contribution in [2.45, 2.75) is 429 Å². The fourth-order valence-corrected chi connectivity index (χ4v) is 40.9. The normalized spacial score (nSPS) is 53.5. The molecule has 0 aromatic rings. The maximum atomic E-state index is 12.0. The number of ketones is 1. The lowest BCUT2D eigenvalue weighted by atomic mass is 9.64. The van der Waals surface area contributed by atoms with Gasteiger partial charge >= 0.3 is 5.97 Å². The third kappa shape index (κ3) is 11.9.